The van der Waals surface area contributed by atoms with E-state index in [0.29, 0.717) is 23.2 Å². The molecule has 1 heterocycles. The molecule has 0 saturated carbocycles. The molecule has 2 aromatic carbocycles. The summed E-state index contributed by atoms with van der Waals surface area (Å²) >= 11 is 6.13. The highest BCUT2D eigenvalue weighted by Crippen LogP contribution is 2.25. The second kappa shape index (κ2) is 9.94. The minimum Gasteiger partial charge on any atom is -0.493 e. The van der Waals surface area contributed by atoms with Gasteiger partial charge in [0.1, 0.15) is 5.75 Å². The average molecular weight is 438 g/mol. The van der Waals surface area contributed by atoms with Crippen molar-refractivity contribution in [2.45, 2.75) is 23.8 Å². The molecular formula is C22H28ClNO4S. The van der Waals surface area contributed by atoms with E-state index in [0.717, 1.165) is 43.1 Å². The molecule has 1 aliphatic rings. The maximum Gasteiger partial charge on any atom is 0.175 e. The van der Waals surface area contributed by atoms with Crippen LogP contribution in [0.5, 0.6) is 5.75 Å². The van der Waals surface area contributed by atoms with Gasteiger partial charge in [-0.05, 0) is 61.3 Å². The lowest BCUT2D eigenvalue weighted by atomic mass is 9.98. The van der Waals surface area contributed by atoms with Crippen molar-refractivity contribution >= 4 is 21.4 Å². The van der Waals surface area contributed by atoms with Crippen molar-refractivity contribution in [1.82, 2.24) is 4.90 Å². The Morgan fingerprint density at radius 3 is 2.62 bits per heavy atom. The Morgan fingerprint density at radius 2 is 1.97 bits per heavy atom. The van der Waals surface area contributed by atoms with Crippen molar-refractivity contribution in [3.63, 3.8) is 0 Å². The number of methoxy groups -OCH3 is 1. The lowest BCUT2D eigenvalue weighted by Gasteiger charge is -2.34. The van der Waals surface area contributed by atoms with Gasteiger partial charge in [-0.15, -0.1) is 0 Å². The number of rotatable bonds is 8. The molecule has 1 aliphatic heterocycles. The van der Waals surface area contributed by atoms with Crippen LogP contribution in [0.4, 0.5) is 0 Å². The Hall–Kier alpha value is -1.60. The number of likely N-dealkylation sites (tertiary alicyclic amines) is 1. The number of ether oxygens (including phenoxy) is 2. The van der Waals surface area contributed by atoms with E-state index in [-0.39, 0.29) is 6.10 Å². The van der Waals surface area contributed by atoms with E-state index in [2.05, 4.69) is 4.90 Å². The van der Waals surface area contributed by atoms with Crippen molar-refractivity contribution in [2.75, 3.05) is 39.6 Å². The van der Waals surface area contributed by atoms with Crippen molar-refractivity contribution in [2.24, 2.45) is 5.92 Å². The number of sulfone groups is 1. The molecule has 29 heavy (non-hydrogen) atoms. The van der Waals surface area contributed by atoms with E-state index in [1.165, 1.54) is 6.26 Å². The second-order valence-corrected chi connectivity index (χ2v) is 10.1. The molecule has 158 valence electrons. The number of benzene rings is 2. The van der Waals surface area contributed by atoms with E-state index in [9.17, 15) is 8.42 Å². The Bertz CT molecular complexity index is 901. The van der Waals surface area contributed by atoms with Crippen LogP contribution >= 0.6 is 11.6 Å². The van der Waals surface area contributed by atoms with Gasteiger partial charge >= 0.3 is 0 Å². The van der Waals surface area contributed by atoms with Gasteiger partial charge in [0, 0.05) is 37.4 Å². The molecule has 0 amide bonds. The number of hydrogen-bond donors (Lipinski definition) is 0. The van der Waals surface area contributed by atoms with Gasteiger partial charge < -0.3 is 14.4 Å². The van der Waals surface area contributed by atoms with Crippen LogP contribution in [0.15, 0.2) is 53.4 Å². The maximum absolute atomic E-state index is 11.6. The first-order chi connectivity index (χ1) is 13.8. The lowest BCUT2D eigenvalue weighted by molar-refractivity contribution is 0.0410. The van der Waals surface area contributed by atoms with Crippen LogP contribution in [-0.2, 0) is 14.6 Å². The molecule has 0 aliphatic carbocycles. The molecule has 0 spiro atoms. The Labute approximate surface area is 178 Å². The predicted octanol–water partition coefficient (Wildman–Crippen LogP) is 4.22. The first kappa shape index (κ1) is 22.1. The van der Waals surface area contributed by atoms with Gasteiger partial charge in [0.25, 0.3) is 0 Å². The predicted molar refractivity (Wildman–Crippen MR) is 115 cm³/mol. The summed E-state index contributed by atoms with van der Waals surface area (Å²) < 4.78 is 34.8. The van der Waals surface area contributed by atoms with Crippen molar-refractivity contribution in [3.8, 4) is 5.75 Å². The topological polar surface area (TPSA) is 55.8 Å². The van der Waals surface area contributed by atoms with Crippen molar-refractivity contribution < 1.29 is 17.9 Å². The molecule has 1 saturated heterocycles. The van der Waals surface area contributed by atoms with Crippen LogP contribution in [-0.4, -0.2) is 52.9 Å². The van der Waals surface area contributed by atoms with Gasteiger partial charge in [-0.1, -0.05) is 23.7 Å². The van der Waals surface area contributed by atoms with E-state index in [1.807, 2.05) is 24.3 Å². The van der Waals surface area contributed by atoms with Crippen LogP contribution < -0.4 is 4.74 Å². The van der Waals surface area contributed by atoms with Crippen molar-refractivity contribution in [3.05, 3.63) is 59.1 Å². The van der Waals surface area contributed by atoms with Crippen molar-refractivity contribution in [1.29, 1.82) is 0 Å². The smallest absolute Gasteiger partial charge is 0.175 e. The molecule has 2 aromatic rings. The molecule has 1 fully saturated rings. The SMILES string of the molecule is CO[C@H](CN1CCC[C@@H](COc2ccc(S(C)(=O)=O)cc2)C1)c1cccc(Cl)c1. The molecule has 0 N–H and O–H groups in total. The summed E-state index contributed by atoms with van der Waals surface area (Å²) in [5.41, 5.74) is 1.09. The van der Waals surface area contributed by atoms with Crippen LogP contribution in [0.3, 0.4) is 0 Å². The standard InChI is InChI=1S/C22H28ClNO4S/c1-27-22(18-6-3-7-19(23)13-18)15-24-12-4-5-17(14-24)16-28-20-8-10-21(11-9-20)29(2,25)26/h3,6-11,13,17,22H,4-5,12,14-16H2,1-2H3/t17-,22-/m1/s1. The highest BCUT2D eigenvalue weighted by atomic mass is 35.5. The van der Waals surface area contributed by atoms with E-state index >= 15 is 0 Å². The van der Waals surface area contributed by atoms with Gasteiger partial charge in [0.05, 0.1) is 17.6 Å². The summed E-state index contributed by atoms with van der Waals surface area (Å²) in [6.45, 7) is 3.42. The van der Waals surface area contributed by atoms with Gasteiger partial charge in [-0.25, -0.2) is 8.42 Å². The summed E-state index contributed by atoms with van der Waals surface area (Å²) in [5.74, 6) is 1.12. The molecule has 3 rings (SSSR count). The number of nitrogens with zero attached hydrogens (tertiary/aromatic N) is 1. The van der Waals surface area contributed by atoms with Gasteiger partial charge in [-0.3, -0.25) is 0 Å². The number of hydrogen-bond acceptors (Lipinski definition) is 5. The molecule has 0 unspecified atom stereocenters. The Morgan fingerprint density at radius 1 is 1.21 bits per heavy atom. The monoisotopic (exact) mass is 437 g/mol. The first-order valence-corrected chi connectivity index (χ1v) is 12.1. The fourth-order valence-corrected chi connectivity index (χ4v) is 4.54. The normalized spacial score (nSPS) is 19.1. The third-order valence-corrected chi connectivity index (χ3v) is 6.63. The van der Waals surface area contributed by atoms with Crippen LogP contribution in [0.1, 0.15) is 24.5 Å². The van der Waals surface area contributed by atoms with Gasteiger partial charge in [0.2, 0.25) is 0 Å². The molecule has 0 bridgehead atoms. The summed E-state index contributed by atoms with van der Waals surface area (Å²) in [5, 5.41) is 0.719. The highest BCUT2D eigenvalue weighted by molar-refractivity contribution is 7.90. The van der Waals surface area contributed by atoms with E-state index in [4.69, 9.17) is 21.1 Å². The fraction of sp³-hybridized carbons (Fsp3) is 0.455. The third kappa shape index (κ3) is 6.44. The summed E-state index contributed by atoms with van der Waals surface area (Å²) in [6.07, 6.45) is 3.42. The minimum absolute atomic E-state index is 0.0168. The van der Waals surface area contributed by atoms with Gasteiger partial charge in [-0.2, -0.15) is 0 Å². The number of piperidine rings is 1. The first-order valence-electron chi connectivity index (χ1n) is 9.78. The molecule has 0 radical (unpaired) electrons. The number of halogens is 1. The highest BCUT2D eigenvalue weighted by Gasteiger charge is 2.24. The van der Waals surface area contributed by atoms with Crippen LogP contribution in [0.2, 0.25) is 5.02 Å². The quantitative estimate of drug-likeness (QED) is 0.618. The molecule has 0 aromatic heterocycles. The second-order valence-electron chi connectivity index (χ2n) is 7.60. The largest absolute Gasteiger partial charge is 0.493 e. The minimum atomic E-state index is -3.18. The maximum atomic E-state index is 11.6. The average Bonchev–Trinajstić information content (AvgIpc) is 2.70. The molecule has 5 nitrogen and oxygen atoms in total. The van der Waals surface area contributed by atoms with E-state index in [1.54, 1.807) is 31.4 Å². The van der Waals surface area contributed by atoms with Crippen LogP contribution in [0.25, 0.3) is 0 Å². The fourth-order valence-electron chi connectivity index (χ4n) is 3.71. The Balaban J connectivity index is 1.53. The zero-order valence-electron chi connectivity index (χ0n) is 16.9. The zero-order chi connectivity index (χ0) is 20.9. The van der Waals surface area contributed by atoms with Crippen LogP contribution in [0, 0.1) is 5.92 Å². The third-order valence-electron chi connectivity index (χ3n) is 5.27. The molecule has 2 atom stereocenters. The summed E-state index contributed by atoms with van der Waals surface area (Å²) in [7, 11) is -1.45. The van der Waals surface area contributed by atoms with E-state index < -0.39 is 9.84 Å². The molecule has 7 heteroatoms. The Kier molecular flexibility index (Phi) is 7.57. The summed E-state index contributed by atoms with van der Waals surface area (Å²) in [6, 6.07) is 14.4. The van der Waals surface area contributed by atoms with Gasteiger partial charge in [0.15, 0.2) is 9.84 Å². The lowest BCUT2D eigenvalue weighted by Crippen LogP contribution is -2.40. The zero-order valence-corrected chi connectivity index (χ0v) is 18.5. The molecular weight excluding hydrogens is 410 g/mol. The summed E-state index contributed by atoms with van der Waals surface area (Å²) in [4.78, 5) is 2.72.